The van der Waals surface area contributed by atoms with E-state index in [0.717, 1.165) is 11.1 Å². The summed E-state index contributed by atoms with van der Waals surface area (Å²) >= 11 is 0. The minimum Gasteiger partial charge on any atom is -0.480 e. The number of amides is 3. The van der Waals surface area contributed by atoms with Gasteiger partial charge in [-0.15, -0.1) is 0 Å². The zero-order valence-corrected chi connectivity index (χ0v) is 20.9. The van der Waals surface area contributed by atoms with Crippen LogP contribution in [0.2, 0.25) is 0 Å². The average Bonchev–Trinajstić information content (AvgIpc) is 2.83. The number of hydrogen-bond donors (Lipinski definition) is 5. The van der Waals surface area contributed by atoms with Crippen LogP contribution in [0.15, 0.2) is 60.7 Å². The Kier molecular flexibility index (Phi) is 11.1. The van der Waals surface area contributed by atoms with Gasteiger partial charge in [-0.2, -0.15) is 0 Å². The maximum Gasteiger partial charge on any atom is 0.326 e. The molecule has 0 bridgehead atoms. The van der Waals surface area contributed by atoms with Crippen LogP contribution in [0.25, 0.3) is 0 Å². The van der Waals surface area contributed by atoms with Gasteiger partial charge in [-0.1, -0.05) is 74.5 Å². The molecule has 0 radical (unpaired) electrons. The van der Waals surface area contributed by atoms with Crippen LogP contribution in [0, 0.1) is 5.92 Å². The summed E-state index contributed by atoms with van der Waals surface area (Å²) < 4.78 is 0. The van der Waals surface area contributed by atoms with E-state index in [1.54, 1.807) is 24.3 Å². The summed E-state index contributed by atoms with van der Waals surface area (Å²) in [4.78, 5) is 50.1. The third-order valence-electron chi connectivity index (χ3n) is 5.63. The Morgan fingerprint density at radius 3 is 1.67 bits per heavy atom. The molecular formula is C27H36N4O5. The van der Waals surface area contributed by atoms with Crippen LogP contribution in [-0.4, -0.2) is 53.0 Å². The van der Waals surface area contributed by atoms with Crippen LogP contribution >= 0.6 is 0 Å². The van der Waals surface area contributed by atoms with Crippen LogP contribution in [0.5, 0.6) is 0 Å². The molecule has 2 rings (SSSR count). The normalized spacial score (nSPS) is 14.2. The monoisotopic (exact) mass is 496 g/mol. The lowest BCUT2D eigenvalue weighted by molar-refractivity contribution is -0.142. The highest BCUT2D eigenvalue weighted by Crippen LogP contribution is 2.08. The predicted molar refractivity (Wildman–Crippen MR) is 137 cm³/mol. The van der Waals surface area contributed by atoms with E-state index in [4.69, 9.17) is 5.73 Å². The molecule has 9 heteroatoms. The summed E-state index contributed by atoms with van der Waals surface area (Å²) in [6, 6.07) is 14.2. The Hall–Kier alpha value is -3.72. The molecule has 0 saturated carbocycles. The van der Waals surface area contributed by atoms with Crippen LogP contribution in [-0.2, 0) is 32.0 Å². The molecular weight excluding hydrogens is 460 g/mol. The molecule has 2 aromatic rings. The fourth-order valence-electron chi connectivity index (χ4n) is 3.68. The SMILES string of the molecule is CC(C)CC(N)C(=O)NC(Cc1ccccc1)C(=O)NC(C)C(=O)NC(Cc1ccccc1)C(=O)O. The van der Waals surface area contributed by atoms with Gasteiger partial charge >= 0.3 is 5.97 Å². The summed E-state index contributed by atoms with van der Waals surface area (Å²) in [6.45, 7) is 5.36. The molecule has 0 aliphatic rings. The Labute approximate surface area is 211 Å². The fraction of sp³-hybridized carbons (Fsp3) is 0.407. The lowest BCUT2D eigenvalue weighted by atomic mass is 10.0. The van der Waals surface area contributed by atoms with Crippen molar-refractivity contribution in [1.29, 1.82) is 0 Å². The van der Waals surface area contributed by atoms with E-state index < -0.39 is 47.9 Å². The Balaban J connectivity index is 2.07. The molecule has 4 atom stereocenters. The van der Waals surface area contributed by atoms with Crippen molar-refractivity contribution in [1.82, 2.24) is 16.0 Å². The van der Waals surface area contributed by atoms with Gasteiger partial charge in [0.1, 0.15) is 18.1 Å². The van der Waals surface area contributed by atoms with Gasteiger partial charge in [0.15, 0.2) is 0 Å². The smallest absolute Gasteiger partial charge is 0.326 e. The third kappa shape index (κ3) is 9.50. The molecule has 0 fully saturated rings. The number of aliphatic carboxylic acids is 1. The van der Waals surface area contributed by atoms with Gasteiger partial charge in [0, 0.05) is 12.8 Å². The first kappa shape index (κ1) is 28.5. The first-order chi connectivity index (χ1) is 17.1. The molecule has 9 nitrogen and oxygen atoms in total. The van der Waals surface area contributed by atoms with Crippen molar-refractivity contribution in [2.45, 2.75) is 64.2 Å². The quantitative estimate of drug-likeness (QED) is 0.283. The Morgan fingerprint density at radius 1 is 0.722 bits per heavy atom. The van der Waals surface area contributed by atoms with E-state index in [-0.39, 0.29) is 18.8 Å². The molecule has 0 heterocycles. The lowest BCUT2D eigenvalue weighted by Crippen LogP contribution is -2.57. The van der Waals surface area contributed by atoms with Crippen molar-refractivity contribution in [3.63, 3.8) is 0 Å². The zero-order chi connectivity index (χ0) is 26.7. The number of carbonyl (C=O) groups excluding carboxylic acids is 3. The lowest BCUT2D eigenvalue weighted by Gasteiger charge is -2.24. The van der Waals surface area contributed by atoms with Gasteiger partial charge in [0.05, 0.1) is 6.04 Å². The van der Waals surface area contributed by atoms with Crippen LogP contribution in [0.3, 0.4) is 0 Å². The van der Waals surface area contributed by atoms with E-state index in [0.29, 0.717) is 6.42 Å². The van der Waals surface area contributed by atoms with Crippen molar-refractivity contribution in [3.8, 4) is 0 Å². The summed E-state index contributed by atoms with van der Waals surface area (Å²) in [6.07, 6.45) is 0.762. The summed E-state index contributed by atoms with van der Waals surface area (Å²) in [5, 5.41) is 17.3. The Bertz CT molecular complexity index is 1010. The topological polar surface area (TPSA) is 151 Å². The van der Waals surface area contributed by atoms with Crippen molar-refractivity contribution in [2.24, 2.45) is 11.7 Å². The molecule has 36 heavy (non-hydrogen) atoms. The largest absolute Gasteiger partial charge is 0.480 e. The van der Waals surface area contributed by atoms with Crippen molar-refractivity contribution in [3.05, 3.63) is 71.8 Å². The van der Waals surface area contributed by atoms with Gasteiger partial charge in [0.2, 0.25) is 17.7 Å². The fourth-order valence-corrected chi connectivity index (χ4v) is 3.68. The van der Waals surface area contributed by atoms with Crippen molar-refractivity contribution in [2.75, 3.05) is 0 Å². The molecule has 0 spiro atoms. The number of hydrogen-bond acceptors (Lipinski definition) is 5. The van der Waals surface area contributed by atoms with E-state index in [9.17, 15) is 24.3 Å². The zero-order valence-electron chi connectivity index (χ0n) is 20.9. The molecule has 0 aliphatic carbocycles. The first-order valence-electron chi connectivity index (χ1n) is 12.0. The number of nitrogens with two attached hydrogens (primary N) is 1. The van der Waals surface area contributed by atoms with Gasteiger partial charge in [-0.3, -0.25) is 14.4 Å². The summed E-state index contributed by atoms with van der Waals surface area (Å²) in [5.41, 5.74) is 7.57. The standard InChI is InChI=1S/C27H36N4O5/c1-17(2)14-21(28)25(33)30-22(15-19-10-6-4-7-11-19)26(34)29-18(3)24(32)31-23(27(35)36)16-20-12-8-5-9-13-20/h4-13,17-18,21-23H,14-16,28H2,1-3H3,(H,29,34)(H,30,33)(H,31,32)(H,35,36). The van der Waals surface area contributed by atoms with Crippen LogP contribution in [0.1, 0.15) is 38.3 Å². The molecule has 3 amide bonds. The van der Waals surface area contributed by atoms with Gasteiger partial charge in [-0.25, -0.2) is 4.79 Å². The molecule has 6 N–H and O–H groups in total. The van der Waals surface area contributed by atoms with E-state index >= 15 is 0 Å². The summed E-state index contributed by atoms with van der Waals surface area (Å²) in [7, 11) is 0. The highest BCUT2D eigenvalue weighted by atomic mass is 16.4. The predicted octanol–water partition coefficient (Wildman–Crippen LogP) is 1.40. The van der Waals surface area contributed by atoms with E-state index in [2.05, 4.69) is 16.0 Å². The second-order valence-corrected chi connectivity index (χ2v) is 9.31. The minimum absolute atomic E-state index is 0.100. The van der Waals surface area contributed by atoms with Crippen molar-refractivity contribution >= 4 is 23.7 Å². The number of rotatable bonds is 13. The van der Waals surface area contributed by atoms with Crippen LogP contribution < -0.4 is 21.7 Å². The van der Waals surface area contributed by atoms with Gasteiger partial charge in [0.25, 0.3) is 0 Å². The second kappa shape index (κ2) is 14.0. The maximum absolute atomic E-state index is 13.1. The van der Waals surface area contributed by atoms with Gasteiger partial charge in [-0.05, 0) is 30.4 Å². The minimum atomic E-state index is -1.18. The number of carbonyl (C=O) groups is 4. The number of carboxylic acid groups (broad SMARTS) is 1. The first-order valence-corrected chi connectivity index (χ1v) is 12.0. The third-order valence-corrected chi connectivity index (χ3v) is 5.63. The molecule has 0 aliphatic heterocycles. The van der Waals surface area contributed by atoms with Gasteiger partial charge < -0.3 is 26.8 Å². The molecule has 194 valence electrons. The number of nitrogens with one attached hydrogen (secondary N) is 3. The van der Waals surface area contributed by atoms with E-state index in [1.807, 2.05) is 50.2 Å². The number of carboxylic acids is 1. The van der Waals surface area contributed by atoms with Crippen molar-refractivity contribution < 1.29 is 24.3 Å². The molecule has 0 aromatic heterocycles. The number of benzene rings is 2. The van der Waals surface area contributed by atoms with E-state index in [1.165, 1.54) is 6.92 Å². The molecule has 2 aromatic carbocycles. The molecule has 0 saturated heterocycles. The summed E-state index contributed by atoms with van der Waals surface area (Å²) in [5.74, 6) is -2.65. The molecule has 4 unspecified atom stereocenters. The van der Waals surface area contributed by atoms with Crippen LogP contribution in [0.4, 0.5) is 0 Å². The highest BCUT2D eigenvalue weighted by molar-refractivity contribution is 5.94. The average molecular weight is 497 g/mol. The Morgan fingerprint density at radius 2 is 1.19 bits per heavy atom. The highest BCUT2D eigenvalue weighted by Gasteiger charge is 2.28. The maximum atomic E-state index is 13.1. The second-order valence-electron chi connectivity index (χ2n) is 9.31.